The zero-order valence-electron chi connectivity index (χ0n) is 18.6. The zero-order chi connectivity index (χ0) is 22.9. The molecule has 1 saturated heterocycles. The maximum atomic E-state index is 13.1. The van der Waals surface area contributed by atoms with E-state index in [1.54, 1.807) is 18.5 Å². The molecule has 1 aromatic rings. The number of hydrogen-bond donors (Lipinski definition) is 4. The monoisotopic (exact) mass is 439 g/mol. The Kier molecular flexibility index (Phi) is 5.79. The summed E-state index contributed by atoms with van der Waals surface area (Å²) in [4.78, 5) is 19.4. The molecule has 0 aromatic heterocycles. The number of morpholine rings is 1. The van der Waals surface area contributed by atoms with Gasteiger partial charge in [-0.15, -0.1) is 0 Å². The standard InChI is InChI=1S/C23H29N5O4/c1-22(2)13-28(7-8-31-22)18-10-19-15(11-23(3,14-29)32-19)9-17(18)27-21(30)16(12-24)20-25-5-4-6-26-20/h4-6,9-10,12,24-25,29H,7-8,11,13-14H2,1-3H3,(H,27,30)/b20-16-,24-12?. The Hall–Kier alpha value is -3.17. The van der Waals surface area contributed by atoms with Gasteiger partial charge >= 0.3 is 0 Å². The Labute approximate surface area is 187 Å². The molecule has 1 fully saturated rings. The molecular weight excluding hydrogens is 410 g/mol. The number of aliphatic hydroxyl groups excluding tert-OH is 1. The van der Waals surface area contributed by atoms with Gasteiger partial charge in [0.2, 0.25) is 0 Å². The zero-order valence-corrected chi connectivity index (χ0v) is 18.6. The van der Waals surface area contributed by atoms with E-state index in [-0.39, 0.29) is 17.8 Å². The number of nitrogens with one attached hydrogen (secondary N) is 3. The minimum atomic E-state index is -0.693. The van der Waals surface area contributed by atoms with Crippen LogP contribution in [0.25, 0.3) is 0 Å². The summed E-state index contributed by atoms with van der Waals surface area (Å²) in [5.41, 5.74) is 1.43. The van der Waals surface area contributed by atoms with E-state index in [2.05, 4.69) is 20.5 Å². The molecule has 0 saturated carbocycles. The highest BCUT2D eigenvalue weighted by Gasteiger charge is 2.36. The number of anilines is 2. The van der Waals surface area contributed by atoms with Crippen LogP contribution in [0.1, 0.15) is 26.3 Å². The van der Waals surface area contributed by atoms with E-state index in [4.69, 9.17) is 14.9 Å². The van der Waals surface area contributed by atoms with Crippen LogP contribution < -0.4 is 20.3 Å². The number of allylic oxidation sites excluding steroid dienone is 1. The number of hydrogen-bond acceptors (Lipinski definition) is 8. The Morgan fingerprint density at radius 2 is 2.22 bits per heavy atom. The first-order valence-corrected chi connectivity index (χ1v) is 10.6. The van der Waals surface area contributed by atoms with E-state index in [0.717, 1.165) is 17.5 Å². The Morgan fingerprint density at radius 1 is 1.41 bits per heavy atom. The van der Waals surface area contributed by atoms with E-state index in [0.29, 0.717) is 43.4 Å². The first-order chi connectivity index (χ1) is 15.2. The van der Waals surface area contributed by atoms with Crippen LogP contribution in [0.2, 0.25) is 0 Å². The lowest BCUT2D eigenvalue weighted by Gasteiger charge is -2.40. The van der Waals surface area contributed by atoms with Crippen molar-refractivity contribution in [2.24, 2.45) is 4.99 Å². The molecule has 1 atom stereocenters. The van der Waals surface area contributed by atoms with Gasteiger partial charge in [0.15, 0.2) is 0 Å². The number of benzene rings is 1. The highest BCUT2D eigenvalue weighted by atomic mass is 16.5. The van der Waals surface area contributed by atoms with Crippen LogP contribution in [0.5, 0.6) is 5.75 Å². The molecule has 3 aliphatic rings. The molecule has 0 spiro atoms. The molecule has 32 heavy (non-hydrogen) atoms. The van der Waals surface area contributed by atoms with Crippen molar-refractivity contribution in [3.05, 3.63) is 41.4 Å². The summed E-state index contributed by atoms with van der Waals surface area (Å²) >= 11 is 0. The molecule has 4 N–H and O–H groups in total. The predicted octanol–water partition coefficient (Wildman–Crippen LogP) is 1.98. The molecule has 1 aromatic carbocycles. The molecule has 0 radical (unpaired) electrons. The average Bonchev–Trinajstić information content (AvgIpc) is 3.09. The second-order valence-electron chi connectivity index (χ2n) is 9.04. The number of fused-ring (bicyclic) bond motifs is 1. The van der Waals surface area contributed by atoms with Crippen LogP contribution in [0, 0.1) is 5.41 Å². The van der Waals surface area contributed by atoms with Crippen LogP contribution in [0.3, 0.4) is 0 Å². The van der Waals surface area contributed by atoms with E-state index in [9.17, 15) is 9.90 Å². The number of amides is 1. The van der Waals surface area contributed by atoms with Gasteiger partial charge in [0.05, 0.1) is 35.8 Å². The van der Waals surface area contributed by atoms with E-state index >= 15 is 0 Å². The molecule has 4 rings (SSSR count). The maximum absolute atomic E-state index is 13.1. The van der Waals surface area contributed by atoms with Gasteiger partial charge < -0.3 is 35.5 Å². The molecule has 3 heterocycles. The third kappa shape index (κ3) is 4.39. The third-order valence-electron chi connectivity index (χ3n) is 5.70. The van der Waals surface area contributed by atoms with E-state index < -0.39 is 11.5 Å². The molecule has 170 valence electrons. The number of nitrogens with zero attached hydrogens (tertiary/aromatic N) is 2. The minimum absolute atomic E-state index is 0.107. The van der Waals surface area contributed by atoms with Crippen LogP contribution in [0.4, 0.5) is 11.4 Å². The van der Waals surface area contributed by atoms with Crippen molar-refractivity contribution in [3.63, 3.8) is 0 Å². The van der Waals surface area contributed by atoms with Gasteiger partial charge in [-0.2, -0.15) is 0 Å². The van der Waals surface area contributed by atoms with Gasteiger partial charge in [0.25, 0.3) is 5.91 Å². The number of aliphatic hydroxyl groups is 1. The first-order valence-electron chi connectivity index (χ1n) is 10.6. The smallest absolute Gasteiger partial charge is 0.261 e. The minimum Gasteiger partial charge on any atom is -0.484 e. The summed E-state index contributed by atoms with van der Waals surface area (Å²) in [6, 6.07) is 3.82. The number of aliphatic imine (C=N–C) groups is 1. The van der Waals surface area contributed by atoms with Gasteiger partial charge in [-0.25, -0.2) is 4.99 Å². The second-order valence-corrected chi connectivity index (χ2v) is 9.04. The first kappa shape index (κ1) is 22.0. The topological polar surface area (TPSA) is 119 Å². The highest BCUT2D eigenvalue weighted by Crippen LogP contribution is 2.42. The highest BCUT2D eigenvalue weighted by molar-refractivity contribution is 6.18. The van der Waals surface area contributed by atoms with Crippen molar-refractivity contribution in [3.8, 4) is 5.75 Å². The van der Waals surface area contributed by atoms with Gasteiger partial charge in [0, 0.05) is 49.8 Å². The fraction of sp³-hybridized carbons (Fsp3) is 0.435. The SMILES string of the molecule is CC1(C)CN(c2cc3c(cc2NC(=O)/C(C=N)=C2\N=CC=CN2)CC(C)(CO)O3)CCO1. The van der Waals surface area contributed by atoms with Crippen molar-refractivity contribution in [2.75, 3.05) is 36.5 Å². The average molecular weight is 440 g/mol. The molecule has 9 nitrogen and oxygen atoms in total. The van der Waals surface area contributed by atoms with E-state index in [1.165, 1.54) is 0 Å². The third-order valence-corrected chi connectivity index (χ3v) is 5.70. The molecular formula is C23H29N5O4. The van der Waals surface area contributed by atoms with Crippen LogP contribution in [0.15, 0.2) is 40.8 Å². The Balaban J connectivity index is 1.71. The normalized spacial score (nSPS) is 24.9. The lowest BCUT2D eigenvalue weighted by atomic mass is 9.99. The van der Waals surface area contributed by atoms with Crippen LogP contribution >= 0.6 is 0 Å². The Morgan fingerprint density at radius 3 is 2.88 bits per heavy atom. The van der Waals surface area contributed by atoms with Crippen molar-refractivity contribution in [1.29, 1.82) is 5.41 Å². The second kappa shape index (κ2) is 8.40. The molecule has 3 aliphatic heterocycles. The van der Waals surface area contributed by atoms with Crippen molar-refractivity contribution in [1.82, 2.24) is 5.32 Å². The number of ether oxygens (including phenoxy) is 2. The fourth-order valence-corrected chi connectivity index (χ4v) is 4.13. The lowest BCUT2D eigenvalue weighted by Crippen LogP contribution is -2.48. The molecule has 9 heteroatoms. The van der Waals surface area contributed by atoms with Gasteiger partial charge in [-0.1, -0.05) is 0 Å². The Bertz CT molecular complexity index is 1030. The maximum Gasteiger partial charge on any atom is 0.261 e. The molecule has 1 amide bonds. The quantitative estimate of drug-likeness (QED) is 0.411. The van der Waals surface area contributed by atoms with Crippen LogP contribution in [-0.4, -0.2) is 60.9 Å². The van der Waals surface area contributed by atoms with Crippen molar-refractivity contribution >= 4 is 29.7 Å². The number of carbonyl (C=O) groups excluding carboxylic acids is 1. The summed E-state index contributed by atoms with van der Waals surface area (Å²) in [5.74, 6) is 0.576. The van der Waals surface area contributed by atoms with E-state index in [1.807, 2.05) is 32.9 Å². The van der Waals surface area contributed by atoms with Crippen LogP contribution in [-0.2, 0) is 16.0 Å². The summed E-state index contributed by atoms with van der Waals surface area (Å²) < 4.78 is 11.9. The number of carbonyl (C=O) groups is 1. The van der Waals surface area contributed by atoms with Gasteiger partial charge in [0.1, 0.15) is 17.2 Å². The molecule has 0 bridgehead atoms. The number of rotatable bonds is 5. The summed E-state index contributed by atoms with van der Waals surface area (Å²) in [6.07, 6.45) is 6.45. The summed E-state index contributed by atoms with van der Waals surface area (Å²) in [6.45, 7) is 7.68. The molecule has 0 aliphatic carbocycles. The van der Waals surface area contributed by atoms with Crippen molar-refractivity contribution < 1.29 is 19.4 Å². The van der Waals surface area contributed by atoms with Gasteiger partial charge in [-0.3, -0.25) is 4.79 Å². The molecule has 1 unspecified atom stereocenters. The largest absolute Gasteiger partial charge is 0.484 e. The lowest BCUT2D eigenvalue weighted by molar-refractivity contribution is -0.112. The summed E-state index contributed by atoms with van der Waals surface area (Å²) in [5, 5.41) is 23.4. The summed E-state index contributed by atoms with van der Waals surface area (Å²) in [7, 11) is 0. The van der Waals surface area contributed by atoms with Gasteiger partial charge in [-0.05, 0) is 32.9 Å². The van der Waals surface area contributed by atoms with Crippen molar-refractivity contribution in [2.45, 2.75) is 38.4 Å². The fourth-order valence-electron chi connectivity index (χ4n) is 4.13. The predicted molar refractivity (Wildman–Crippen MR) is 124 cm³/mol.